The summed E-state index contributed by atoms with van der Waals surface area (Å²) in [6.45, 7) is 4.42. The summed E-state index contributed by atoms with van der Waals surface area (Å²) in [4.78, 5) is 4.02. The van der Waals surface area contributed by atoms with E-state index in [0.717, 1.165) is 11.2 Å². The van der Waals surface area contributed by atoms with Gasteiger partial charge >= 0.3 is 0 Å². The van der Waals surface area contributed by atoms with E-state index in [1.807, 2.05) is 26.0 Å². The highest BCUT2D eigenvalue weighted by Crippen LogP contribution is 2.20. The van der Waals surface area contributed by atoms with Crippen molar-refractivity contribution in [2.75, 3.05) is 6.61 Å². The van der Waals surface area contributed by atoms with Crippen LogP contribution in [0, 0.1) is 6.92 Å². The van der Waals surface area contributed by atoms with Crippen molar-refractivity contribution in [3.63, 3.8) is 0 Å². The van der Waals surface area contributed by atoms with Crippen LogP contribution in [-0.4, -0.2) is 21.2 Å². The first-order valence-corrected chi connectivity index (χ1v) is 4.75. The number of nitrogens with zero attached hydrogens (tertiary/aromatic N) is 3. The maximum atomic E-state index is 5.77. The van der Waals surface area contributed by atoms with Crippen LogP contribution in [0.1, 0.15) is 12.6 Å². The van der Waals surface area contributed by atoms with Gasteiger partial charge in [0.1, 0.15) is 5.52 Å². The molecule has 0 bridgehead atoms. The van der Waals surface area contributed by atoms with Crippen LogP contribution >= 0.6 is 11.6 Å². The van der Waals surface area contributed by atoms with E-state index in [9.17, 15) is 0 Å². The summed E-state index contributed by atoms with van der Waals surface area (Å²) < 4.78 is 7.08. The van der Waals surface area contributed by atoms with Gasteiger partial charge in [-0.05, 0) is 37.6 Å². The van der Waals surface area contributed by atoms with E-state index in [0.29, 0.717) is 12.5 Å². The summed E-state index contributed by atoms with van der Waals surface area (Å²) in [7, 11) is 0. The van der Waals surface area contributed by atoms with Gasteiger partial charge in [0, 0.05) is 5.69 Å². The quantitative estimate of drug-likeness (QED) is 0.764. The SMILES string of the molecule is CCOc1nc(Cl)nn2c(C)ccc12. The molecule has 0 fully saturated rings. The molecule has 0 unspecified atom stereocenters. The van der Waals surface area contributed by atoms with Gasteiger partial charge in [0.2, 0.25) is 11.2 Å². The number of fused-ring (bicyclic) bond motifs is 1. The lowest BCUT2D eigenvalue weighted by Gasteiger charge is -2.04. The van der Waals surface area contributed by atoms with Gasteiger partial charge in [-0.1, -0.05) is 0 Å². The molecule has 74 valence electrons. The Morgan fingerprint density at radius 1 is 1.50 bits per heavy atom. The first kappa shape index (κ1) is 9.27. The molecule has 4 nitrogen and oxygen atoms in total. The van der Waals surface area contributed by atoms with Crippen molar-refractivity contribution in [2.45, 2.75) is 13.8 Å². The van der Waals surface area contributed by atoms with Crippen LogP contribution in [0.5, 0.6) is 5.88 Å². The van der Waals surface area contributed by atoms with Crippen LogP contribution in [0.25, 0.3) is 5.52 Å². The minimum Gasteiger partial charge on any atom is -0.476 e. The normalized spacial score (nSPS) is 10.8. The minimum atomic E-state index is 0.195. The van der Waals surface area contributed by atoms with E-state index >= 15 is 0 Å². The summed E-state index contributed by atoms with van der Waals surface area (Å²) in [5.74, 6) is 0.528. The van der Waals surface area contributed by atoms with Crippen LogP contribution < -0.4 is 4.74 Å². The third kappa shape index (κ3) is 1.42. The second-order valence-corrected chi connectivity index (χ2v) is 3.23. The largest absolute Gasteiger partial charge is 0.476 e. The minimum absolute atomic E-state index is 0.195. The topological polar surface area (TPSA) is 39.4 Å². The van der Waals surface area contributed by atoms with Crippen molar-refractivity contribution < 1.29 is 4.74 Å². The van der Waals surface area contributed by atoms with Crippen molar-refractivity contribution >= 4 is 17.1 Å². The zero-order chi connectivity index (χ0) is 10.1. The highest BCUT2D eigenvalue weighted by molar-refractivity contribution is 6.28. The Labute approximate surface area is 86.5 Å². The predicted octanol–water partition coefficient (Wildman–Crippen LogP) is 2.09. The Bertz CT molecular complexity index is 466. The summed E-state index contributed by atoms with van der Waals surface area (Å²) in [5, 5.41) is 4.26. The van der Waals surface area contributed by atoms with E-state index < -0.39 is 0 Å². The molecule has 0 saturated heterocycles. The van der Waals surface area contributed by atoms with E-state index in [1.165, 1.54) is 0 Å². The molecule has 0 atom stereocenters. The molecule has 0 spiro atoms. The third-order valence-corrected chi connectivity index (χ3v) is 2.08. The molecule has 5 heteroatoms. The maximum Gasteiger partial charge on any atom is 0.244 e. The van der Waals surface area contributed by atoms with E-state index in [4.69, 9.17) is 16.3 Å². The van der Waals surface area contributed by atoms with Gasteiger partial charge < -0.3 is 4.74 Å². The molecule has 0 aromatic carbocycles. The van der Waals surface area contributed by atoms with Crippen LogP contribution in [0.3, 0.4) is 0 Å². The monoisotopic (exact) mass is 211 g/mol. The molecule has 0 amide bonds. The van der Waals surface area contributed by atoms with Gasteiger partial charge in [0.25, 0.3) is 0 Å². The van der Waals surface area contributed by atoms with Crippen molar-refractivity contribution in [3.8, 4) is 5.88 Å². The van der Waals surface area contributed by atoms with Crippen molar-refractivity contribution in [1.29, 1.82) is 0 Å². The standard InChI is InChI=1S/C9H10ClN3O/c1-3-14-8-7-5-4-6(2)13(7)12-9(10)11-8/h4-5H,3H2,1-2H3. The molecule has 0 aliphatic rings. The number of ether oxygens (including phenoxy) is 1. The summed E-state index contributed by atoms with van der Waals surface area (Å²) in [5.41, 5.74) is 1.85. The number of aromatic nitrogens is 3. The van der Waals surface area contributed by atoms with Gasteiger partial charge in [-0.25, -0.2) is 4.52 Å². The summed E-state index contributed by atoms with van der Waals surface area (Å²) in [6.07, 6.45) is 0. The molecule has 0 radical (unpaired) electrons. The fraction of sp³-hybridized carbons (Fsp3) is 0.333. The van der Waals surface area contributed by atoms with Crippen LogP contribution in [0.4, 0.5) is 0 Å². The van der Waals surface area contributed by atoms with E-state index in [1.54, 1.807) is 4.52 Å². The molecule has 0 aliphatic heterocycles. The highest BCUT2D eigenvalue weighted by Gasteiger charge is 2.08. The number of rotatable bonds is 2. The Balaban J connectivity index is 2.68. The third-order valence-electron chi connectivity index (χ3n) is 1.92. The van der Waals surface area contributed by atoms with Crippen LogP contribution in [0.2, 0.25) is 5.28 Å². The zero-order valence-corrected chi connectivity index (χ0v) is 8.75. The maximum absolute atomic E-state index is 5.77. The first-order valence-electron chi connectivity index (χ1n) is 4.37. The average molecular weight is 212 g/mol. The smallest absolute Gasteiger partial charge is 0.244 e. The predicted molar refractivity (Wildman–Crippen MR) is 53.9 cm³/mol. The Morgan fingerprint density at radius 2 is 2.29 bits per heavy atom. The summed E-state index contributed by atoms with van der Waals surface area (Å²) in [6, 6.07) is 3.86. The van der Waals surface area contributed by atoms with Gasteiger partial charge in [0.15, 0.2) is 0 Å². The molecular formula is C9H10ClN3O. The van der Waals surface area contributed by atoms with Crippen molar-refractivity contribution in [1.82, 2.24) is 14.6 Å². The lowest BCUT2D eigenvalue weighted by atomic mass is 10.5. The molecule has 0 N–H and O–H groups in total. The highest BCUT2D eigenvalue weighted by atomic mass is 35.5. The number of halogens is 1. The van der Waals surface area contributed by atoms with Gasteiger partial charge in [-0.3, -0.25) is 0 Å². The van der Waals surface area contributed by atoms with Gasteiger partial charge in [0.05, 0.1) is 6.61 Å². The molecule has 2 aromatic rings. The molecule has 14 heavy (non-hydrogen) atoms. The lowest BCUT2D eigenvalue weighted by Crippen LogP contribution is -2.02. The van der Waals surface area contributed by atoms with E-state index in [-0.39, 0.29) is 5.28 Å². The number of hydrogen-bond donors (Lipinski definition) is 0. The number of hydrogen-bond acceptors (Lipinski definition) is 3. The lowest BCUT2D eigenvalue weighted by molar-refractivity contribution is 0.328. The molecule has 2 rings (SSSR count). The molecule has 0 saturated carbocycles. The summed E-state index contributed by atoms with van der Waals surface area (Å²) >= 11 is 5.77. The Kier molecular flexibility index (Phi) is 2.29. The van der Waals surface area contributed by atoms with Crippen molar-refractivity contribution in [2.24, 2.45) is 0 Å². The van der Waals surface area contributed by atoms with Crippen molar-refractivity contribution in [3.05, 3.63) is 23.1 Å². The number of aryl methyl sites for hydroxylation is 1. The second-order valence-electron chi connectivity index (χ2n) is 2.89. The first-order chi connectivity index (χ1) is 6.72. The fourth-order valence-corrected chi connectivity index (χ4v) is 1.47. The zero-order valence-electron chi connectivity index (χ0n) is 7.99. The van der Waals surface area contributed by atoms with Crippen LogP contribution in [0.15, 0.2) is 12.1 Å². The molecular weight excluding hydrogens is 202 g/mol. The van der Waals surface area contributed by atoms with Crippen LogP contribution in [-0.2, 0) is 0 Å². The van der Waals surface area contributed by atoms with E-state index in [2.05, 4.69) is 10.1 Å². The van der Waals surface area contributed by atoms with Gasteiger partial charge in [-0.15, -0.1) is 5.10 Å². The van der Waals surface area contributed by atoms with Gasteiger partial charge in [-0.2, -0.15) is 4.98 Å². The molecule has 2 aromatic heterocycles. The molecule has 2 heterocycles. The fourth-order valence-electron chi connectivity index (χ4n) is 1.31. The molecule has 0 aliphatic carbocycles. The second kappa shape index (κ2) is 3.46. The average Bonchev–Trinajstić information content (AvgIpc) is 2.49. The Hall–Kier alpha value is -1.29. The Morgan fingerprint density at radius 3 is 3.00 bits per heavy atom.